The van der Waals surface area contributed by atoms with Crippen molar-refractivity contribution in [3.63, 3.8) is 0 Å². The Morgan fingerprint density at radius 2 is 1.55 bits per heavy atom. The lowest BCUT2D eigenvalue weighted by molar-refractivity contribution is 0.0936. The third-order valence-electron chi connectivity index (χ3n) is 5.18. The Kier molecular flexibility index (Phi) is 7.13. The molecule has 1 atom stereocenters. The van der Waals surface area contributed by atoms with E-state index < -0.39 is 10.0 Å². The van der Waals surface area contributed by atoms with Crippen LogP contribution in [-0.2, 0) is 16.6 Å². The molecule has 0 bridgehead atoms. The number of amides is 1. The molecule has 6 heteroatoms. The fourth-order valence-corrected chi connectivity index (χ4v) is 4.37. The van der Waals surface area contributed by atoms with E-state index in [9.17, 15) is 13.2 Å². The van der Waals surface area contributed by atoms with E-state index in [0.29, 0.717) is 11.3 Å². The van der Waals surface area contributed by atoms with Gasteiger partial charge in [0.25, 0.3) is 5.91 Å². The van der Waals surface area contributed by atoms with Gasteiger partial charge in [-0.25, -0.2) is 8.42 Å². The highest BCUT2D eigenvalue weighted by Gasteiger charge is 2.24. The van der Waals surface area contributed by atoms with Crippen molar-refractivity contribution in [1.82, 2.24) is 5.32 Å². The van der Waals surface area contributed by atoms with Crippen LogP contribution in [0.2, 0.25) is 0 Å². The molecular formula is C25H28N2O3S. The molecule has 0 saturated heterocycles. The Hall–Kier alpha value is -3.12. The highest BCUT2D eigenvalue weighted by atomic mass is 32.2. The summed E-state index contributed by atoms with van der Waals surface area (Å²) in [5.74, 6) is -0.301. The molecule has 0 aliphatic carbocycles. The van der Waals surface area contributed by atoms with Crippen LogP contribution in [0.4, 0.5) is 5.69 Å². The van der Waals surface area contributed by atoms with E-state index in [1.807, 2.05) is 68.4 Å². The molecule has 3 rings (SSSR count). The Morgan fingerprint density at radius 3 is 2.16 bits per heavy atom. The van der Waals surface area contributed by atoms with Crippen molar-refractivity contribution in [2.24, 2.45) is 0 Å². The minimum atomic E-state index is -3.61. The first-order chi connectivity index (χ1) is 14.8. The third kappa shape index (κ3) is 5.73. The molecule has 0 radical (unpaired) electrons. The van der Waals surface area contributed by atoms with Gasteiger partial charge in [-0.1, -0.05) is 79.2 Å². The fraction of sp³-hybridized carbons (Fsp3) is 0.240. The molecule has 1 amide bonds. The lowest BCUT2D eigenvalue weighted by Gasteiger charge is -2.26. The monoisotopic (exact) mass is 436 g/mol. The number of aryl methyl sites for hydroxylation is 1. The van der Waals surface area contributed by atoms with Crippen molar-refractivity contribution in [3.8, 4) is 0 Å². The van der Waals surface area contributed by atoms with E-state index in [1.54, 1.807) is 24.3 Å². The molecule has 0 unspecified atom stereocenters. The molecule has 0 saturated carbocycles. The van der Waals surface area contributed by atoms with Gasteiger partial charge in [0.2, 0.25) is 10.0 Å². The molecule has 3 aromatic carbocycles. The first kappa shape index (κ1) is 22.6. The Labute approximate surface area is 184 Å². The number of hydrogen-bond donors (Lipinski definition) is 1. The number of carbonyl (C=O) groups is 1. The lowest BCUT2D eigenvalue weighted by atomic mass is 10.0. The predicted molar refractivity (Wildman–Crippen MR) is 126 cm³/mol. The molecule has 0 aromatic heterocycles. The average molecular weight is 437 g/mol. The molecule has 162 valence electrons. The molecule has 0 heterocycles. The number of carbonyl (C=O) groups excluding carboxylic acids is 1. The second kappa shape index (κ2) is 9.79. The van der Waals surface area contributed by atoms with Crippen LogP contribution in [0.25, 0.3) is 0 Å². The first-order valence-corrected chi connectivity index (χ1v) is 12.1. The molecule has 0 spiro atoms. The number of rotatable bonds is 8. The van der Waals surface area contributed by atoms with Crippen molar-refractivity contribution in [1.29, 1.82) is 0 Å². The zero-order valence-corrected chi connectivity index (χ0v) is 18.9. The van der Waals surface area contributed by atoms with Crippen LogP contribution in [-0.4, -0.2) is 20.6 Å². The molecule has 3 aromatic rings. The van der Waals surface area contributed by atoms with Gasteiger partial charge in [0.1, 0.15) is 0 Å². The average Bonchev–Trinajstić information content (AvgIpc) is 2.76. The summed E-state index contributed by atoms with van der Waals surface area (Å²) in [5.41, 5.74) is 3.71. The van der Waals surface area contributed by atoms with Crippen LogP contribution >= 0.6 is 0 Å². The predicted octanol–water partition coefficient (Wildman–Crippen LogP) is 4.84. The van der Waals surface area contributed by atoms with Crippen LogP contribution in [0, 0.1) is 6.92 Å². The van der Waals surface area contributed by atoms with Crippen molar-refractivity contribution >= 4 is 21.6 Å². The van der Waals surface area contributed by atoms with Crippen LogP contribution in [0.1, 0.15) is 46.4 Å². The van der Waals surface area contributed by atoms with E-state index in [0.717, 1.165) is 29.4 Å². The molecule has 31 heavy (non-hydrogen) atoms. The van der Waals surface area contributed by atoms with Gasteiger partial charge in [-0.2, -0.15) is 0 Å². The summed E-state index contributed by atoms with van der Waals surface area (Å²) in [6, 6.07) is 24.0. The second-order valence-electron chi connectivity index (χ2n) is 7.62. The summed E-state index contributed by atoms with van der Waals surface area (Å²) in [7, 11) is -3.61. The van der Waals surface area contributed by atoms with Crippen LogP contribution in [0.15, 0.2) is 78.9 Å². The molecular weight excluding hydrogens is 408 g/mol. The third-order valence-corrected chi connectivity index (χ3v) is 6.31. The lowest BCUT2D eigenvalue weighted by Crippen LogP contribution is -2.33. The summed E-state index contributed by atoms with van der Waals surface area (Å²) in [6.07, 6.45) is 1.88. The fourth-order valence-electron chi connectivity index (χ4n) is 3.47. The Bertz CT molecular complexity index is 1130. The quantitative estimate of drug-likeness (QED) is 0.549. The number of nitrogens with zero attached hydrogens (tertiary/aromatic N) is 1. The standard InChI is InChI=1S/C25H28N2O3S/c1-4-23(21-16-14-19(2)15-17-21)26-25(28)22-12-8-9-13-24(22)27(31(3,29)30)18-20-10-6-5-7-11-20/h5-17,23H,4,18H2,1-3H3,(H,26,28)/t23-/m1/s1. The highest BCUT2D eigenvalue weighted by Crippen LogP contribution is 2.26. The van der Waals surface area contributed by atoms with Crippen LogP contribution in [0.5, 0.6) is 0 Å². The van der Waals surface area contributed by atoms with E-state index in [4.69, 9.17) is 0 Å². The minimum absolute atomic E-state index is 0.152. The maximum absolute atomic E-state index is 13.2. The summed E-state index contributed by atoms with van der Waals surface area (Å²) in [5, 5.41) is 3.07. The summed E-state index contributed by atoms with van der Waals surface area (Å²) in [4.78, 5) is 13.2. The molecule has 0 aliphatic heterocycles. The first-order valence-electron chi connectivity index (χ1n) is 10.3. The van der Waals surface area contributed by atoms with Gasteiger partial charge in [0.05, 0.1) is 30.1 Å². The van der Waals surface area contributed by atoms with E-state index in [2.05, 4.69) is 5.32 Å². The van der Waals surface area contributed by atoms with Gasteiger partial charge in [-0.15, -0.1) is 0 Å². The normalized spacial score (nSPS) is 12.2. The van der Waals surface area contributed by atoms with E-state index in [1.165, 1.54) is 4.31 Å². The number of benzene rings is 3. The van der Waals surface area contributed by atoms with Gasteiger partial charge in [-0.3, -0.25) is 9.10 Å². The van der Waals surface area contributed by atoms with Gasteiger partial charge in [0, 0.05) is 0 Å². The minimum Gasteiger partial charge on any atom is -0.345 e. The molecule has 1 N–H and O–H groups in total. The van der Waals surface area contributed by atoms with E-state index >= 15 is 0 Å². The van der Waals surface area contributed by atoms with Crippen LogP contribution < -0.4 is 9.62 Å². The van der Waals surface area contributed by atoms with Crippen LogP contribution in [0.3, 0.4) is 0 Å². The van der Waals surface area contributed by atoms with Crippen molar-refractivity contribution < 1.29 is 13.2 Å². The zero-order chi connectivity index (χ0) is 22.4. The summed E-state index contributed by atoms with van der Waals surface area (Å²) < 4.78 is 26.6. The van der Waals surface area contributed by atoms with Crippen molar-refractivity contribution in [3.05, 3.63) is 101 Å². The smallest absolute Gasteiger partial charge is 0.253 e. The largest absolute Gasteiger partial charge is 0.345 e. The van der Waals surface area contributed by atoms with Crippen molar-refractivity contribution in [2.45, 2.75) is 32.9 Å². The Morgan fingerprint density at radius 1 is 0.935 bits per heavy atom. The maximum atomic E-state index is 13.2. The zero-order valence-electron chi connectivity index (χ0n) is 18.1. The number of anilines is 1. The highest BCUT2D eigenvalue weighted by molar-refractivity contribution is 7.92. The van der Waals surface area contributed by atoms with Gasteiger partial charge in [0.15, 0.2) is 0 Å². The number of nitrogens with one attached hydrogen (secondary N) is 1. The Balaban J connectivity index is 1.93. The maximum Gasteiger partial charge on any atom is 0.253 e. The molecule has 0 fully saturated rings. The summed E-state index contributed by atoms with van der Waals surface area (Å²) >= 11 is 0. The number of sulfonamides is 1. The molecule has 0 aliphatic rings. The number of hydrogen-bond acceptors (Lipinski definition) is 3. The topological polar surface area (TPSA) is 66.5 Å². The van der Waals surface area contributed by atoms with Crippen molar-refractivity contribution in [2.75, 3.05) is 10.6 Å². The van der Waals surface area contributed by atoms with Gasteiger partial charge in [-0.05, 0) is 36.6 Å². The SMILES string of the molecule is CC[C@@H](NC(=O)c1ccccc1N(Cc1ccccc1)S(C)(=O)=O)c1ccc(C)cc1. The van der Waals surface area contributed by atoms with E-state index in [-0.39, 0.29) is 18.5 Å². The number of para-hydroxylation sites is 1. The molecule has 5 nitrogen and oxygen atoms in total. The van der Waals surface area contributed by atoms with Gasteiger partial charge < -0.3 is 5.32 Å². The summed E-state index contributed by atoms with van der Waals surface area (Å²) in [6.45, 7) is 4.18. The van der Waals surface area contributed by atoms with Gasteiger partial charge >= 0.3 is 0 Å². The second-order valence-corrected chi connectivity index (χ2v) is 9.52.